The molecule has 0 saturated carbocycles. The molecular weight excluding hydrogens is 278 g/mol. The number of ether oxygens (including phenoxy) is 1. The average Bonchev–Trinajstić information content (AvgIpc) is 2.52. The molecular formula is C18H32NOS+. The Hall–Kier alpha value is -0.540. The summed E-state index contributed by atoms with van der Waals surface area (Å²) < 4.78 is 7.67. The summed E-state index contributed by atoms with van der Waals surface area (Å²) in [6.07, 6.45) is 15.4. The first-order chi connectivity index (χ1) is 10.4. The fourth-order valence-electron chi connectivity index (χ4n) is 2.29. The molecule has 0 aliphatic heterocycles. The minimum absolute atomic E-state index is 0.718. The molecule has 1 heterocycles. The van der Waals surface area contributed by atoms with Gasteiger partial charge >= 0.3 is 0 Å². The van der Waals surface area contributed by atoms with Crippen LogP contribution in [0.15, 0.2) is 24.5 Å². The molecule has 21 heavy (non-hydrogen) atoms. The Kier molecular flexibility index (Phi) is 11.6. The van der Waals surface area contributed by atoms with Crippen molar-refractivity contribution >= 4 is 11.9 Å². The van der Waals surface area contributed by atoms with Gasteiger partial charge in [-0.15, -0.1) is 3.97 Å². The lowest BCUT2D eigenvalue weighted by Crippen LogP contribution is -2.25. The van der Waals surface area contributed by atoms with Gasteiger partial charge in [0.25, 0.3) is 0 Å². The van der Waals surface area contributed by atoms with Crippen LogP contribution in [0.1, 0.15) is 70.8 Å². The summed E-state index contributed by atoms with van der Waals surface area (Å²) in [6.45, 7) is 5.81. The van der Waals surface area contributed by atoms with Gasteiger partial charge < -0.3 is 4.74 Å². The minimum atomic E-state index is 0.718. The summed E-state index contributed by atoms with van der Waals surface area (Å²) in [4.78, 5) is 0. The van der Waals surface area contributed by atoms with Gasteiger partial charge in [0, 0.05) is 18.2 Å². The van der Waals surface area contributed by atoms with Crippen LogP contribution >= 0.6 is 11.9 Å². The van der Waals surface area contributed by atoms with Crippen LogP contribution in [0.25, 0.3) is 0 Å². The number of hydrogen-bond donors (Lipinski definition) is 0. The topological polar surface area (TPSA) is 13.1 Å². The zero-order chi connectivity index (χ0) is 15.2. The van der Waals surface area contributed by atoms with Gasteiger partial charge in [0.15, 0.2) is 24.3 Å². The number of nitrogens with zero attached hydrogens (tertiary/aromatic N) is 1. The van der Waals surface area contributed by atoms with E-state index in [1.807, 2.05) is 18.9 Å². The fourth-order valence-corrected chi connectivity index (χ4v) is 3.20. The van der Waals surface area contributed by atoms with Gasteiger partial charge in [-0.1, -0.05) is 51.9 Å². The molecule has 0 aliphatic carbocycles. The maximum atomic E-state index is 5.45. The SMILES string of the molecule is CCCCCCCCCCS[n+]1cccc(COCC)c1. The molecule has 0 amide bonds. The molecule has 0 radical (unpaired) electrons. The zero-order valence-corrected chi connectivity index (χ0v) is 14.7. The van der Waals surface area contributed by atoms with Gasteiger partial charge in [-0.2, -0.15) is 0 Å². The molecule has 0 atom stereocenters. The molecule has 120 valence electrons. The number of rotatable bonds is 13. The van der Waals surface area contributed by atoms with Crippen LogP contribution < -0.4 is 3.97 Å². The summed E-state index contributed by atoms with van der Waals surface area (Å²) in [5.74, 6) is 1.21. The molecule has 0 aliphatic rings. The summed E-state index contributed by atoms with van der Waals surface area (Å²) >= 11 is 1.90. The number of unbranched alkanes of at least 4 members (excludes halogenated alkanes) is 7. The van der Waals surface area contributed by atoms with Crippen molar-refractivity contribution in [2.45, 2.75) is 71.8 Å². The van der Waals surface area contributed by atoms with Crippen molar-refractivity contribution in [3.63, 3.8) is 0 Å². The summed E-state index contributed by atoms with van der Waals surface area (Å²) in [5.41, 5.74) is 1.25. The highest BCUT2D eigenvalue weighted by Gasteiger charge is 2.04. The summed E-state index contributed by atoms with van der Waals surface area (Å²) in [6, 6.07) is 4.23. The highest BCUT2D eigenvalue weighted by molar-refractivity contribution is 7.92. The average molecular weight is 311 g/mol. The Balaban J connectivity index is 2.04. The second-order valence-corrected chi connectivity index (χ2v) is 6.61. The molecule has 1 aromatic rings. The Morgan fingerprint density at radius 2 is 1.71 bits per heavy atom. The summed E-state index contributed by atoms with van der Waals surface area (Å²) in [7, 11) is 0. The van der Waals surface area contributed by atoms with Crippen LogP contribution in [-0.4, -0.2) is 12.4 Å². The second kappa shape index (κ2) is 13.1. The first-order valence-corrected chi connectivity index (χ1v) is 9.52. The van der Waals surface area contributed by atoms with Gasteiger partial charge in [-0.05, 0) is 19.4 Å². The Morgan fingerprint density at radius 1 is 1.00 bits per heavy atom. The lowest BCUT2D eigenvalue weighted by molar-refractivity contribution is -0.495. The van der Waals surface area contributed by atoms with E-state index in [1.54, 1.807) is 0 Å². The third-order valence-electron chi connectivity index (χ3n) is 3.55. The zero-order valence-electron chi connectivity index (χ0n) is 13.9. The van der Waals surface area contributed by atoms with Crippen LogP contribution in [-0.2, 0) is 11.3 Å². The molecule has 0 N–H and O–H groups in total. The number of pyridine rings is 1. The Labute approximate surface area is 135 Å². The lowest BCUT2D eigenvalue weighted by Gasteiger charge is -2.01. The summed E-state index contributed by atoms with van der Waals surface area (Å²) in [5, 5.41) is 0. The minimum Gasteiger partial charge on any atom is -0.377 e. The highest BCUT2D eigenvalue weighted by Crippen LogP contribution is 2.10. The van der Waals surface area contributed by atoms with Crippen molar-refractivity contribution in [2.24, 2.45) is 0 Å². The molecule has 2 nitrogen and oxygen atoms in total. The van der Waals surface area contributed by atoms with Crippen molar-refractivity contribution < 1.29 is 8.71 Å². The normalized spacial score (nSPS) is 11.0. The Bertz CT molecular complexity index is 357. The van der Waals surface area contributed by atoms with Gasteiger partial charge in [-0.3, -0.25) is 0 Å². The molecule has 0 bridgehead atoms. The molecule has 0 unspecified atom stereocenters. The van der Waals surface area contributed by atoms with Crippen molar-refractivity contribution in [2.75, 3.05) is 12.4 Å². The molecule has 3 heteroatoms. The van der Waals surface area contributed by atoms with Crippen LogP contribution in [0, 0.1) is 0 Å². The van der Waals surface area contributed by atoms with E-state index in [2.05, 4.69) is 35.4 Å². The van der Waals surface area contributed by atoms with Crippen molar-refractivity contribution in [1.29, 1.82) is 0 Å². The van der Waals surface area contributed by atoms with Gasteiger partial charge in [-0.25, -0.2) is 0 Å². The van der Waals surface area contributed by atoms with Gasteiger partial charge in [0.2, 0.25) is 0 Å². The van der Waals surface area contributed by atoms with E-state index < -0.39 is 0 Å². The quantitative estimate of drug-likeness (QED) is 0.369. The molecule has 1 rings (SSSR count). The third-order valence-corrected chi connectivity index (χ3v) is 4.54. The predicted octanol–water partition coefficient (Wildman–Crippen LogP) is 5.15. The van der Waals surface area contributed by atoms with E-state index >= 15 is 0 Å². The first kappa shape index (κ1) is 18.5. The number of aromatic nitrogens is 1. The first-order valence-electron chi connectivity index (χ1n) is 8.58. The molecule has 0 fully saturated rings. The van der Waals surface area contributed by atoms with E-state index in [0.29, 0.717) is 0 Å². The van der Waals surface area contributed by atoms with Crippen LogP contribution in [0.4, 0.5) is 0 Å². The molecule has 0 aromatic carbocycles. The van der Waals surface area contributed by atoms with Gasteiger partial charge in [0.1, 0.15) is 0 Å². The van der Waals surface area contributed by atoms with Crippen LogP contribution in [0.5, 0.6) is 0 Å². The number of hydrogen-bond acceptors (Lipinski definition) is 2. The second-order valence-electron chi connectivity index (χ2n) is 5.52. The van der Waals surface area contributed by atoms with E-state index in [9.17, 15) is 0 Å². The van der Waals surface area contributed by atoms with Crippen molar-refractivity contribution in [3.05, 3.63) is 30.1 Å². The van der Waals surface area contributed by atoms with Crippen LogP contribution in [0.2, 0.25) is 0 Å². The molecule has 1 aromatic heterocycles. The monoisotopic (exact) mass is 310 g/mol. The maximum absolute atomic E-state index is 5.45. The standard InChI is InChI=1S/C18H32NOS/c1-3-5-6-7-8-9-10-11-15-21-19-14-12-13-18(16-19)17-20-4-2/h12-14,16H,3-11,15,17H2,1-2H3/q+1. The smallest absolute Gasteiger partial charge is 0.188 e. The fraction of sp³-hybridized carbons (Fsp3) is 0.722. The lowest BCUT2D eigenvalue weighted by atomic mass is 10.1. The predicted molar refractivity (Wildman–Crippen MR) is 92.4 cm³/mol. The van der Waals surface area contributed by atoms with Crippen LogP contribution in [0.3, 0.4) is 0 Å². The largest absolute Gasteiger partial charge is 0.377 e. The molecule has 0 spiro atoms. The van der Waals surface area contributed by atoms with E-state index in [4.69, 9.17) is 4.74 Å². The van der Waals surface area contributed by atoms with Crippen molar-refractivity contribution in [1.82, 2.24) is 0 Å². The molecule has 0 saturated heterocycles. The van der Waals surface area contributed by atoms with Crippen molar-refractivity contribution in [3.8, 4) is 0 Å². The highest BCUT2D eigenvalue weighted by atomic mass is 32.2. The Morgan fingerprint density at radius 3 is 2.43 bits per heavy atom. The van der Waals surface area contributed by atoms with Gasteiger partial charge in [0.05, 0.1) is 12.4 Å². The third kappa shape index (κ3) is 9.92. The maximum Gasteiger partial charge on any atom is 0.188 e. The van der Waals surface area contributed by atoms with E-state index in [-0.39, 0.29) is 0 Å². The van der Waals surface area contributed by atoms with E-state index in [1.165, 1.54) is 62.7 Å². The van der Waals surface area contributed by atoms with E-state index in [0.717, 1.165) is 13.2 Å².